The molecule has 1 unspecified atom stereocenters. The van der Waals surface area contributed by atoms with E-state index in [1.54, 1.807) is 12.4 Å². The summed E-state index contributed by atoms with van der Waals surface area (Å²) in [5, 5.41) is 0. The maximum absolute atomic E-state index is 12.5. The summed E-state index contributed by atoms with van der Waals surface area (Å²) >= 11 is 0. The van der Waals surface area contributed by atoms with Crippen LogP contribution in [0.25, 0.3) is 0 Å². The number of para-hydroxylation sites is 2. The van der Waals surface area contributed by atoms with Crippen LogP contribution in [0.1, 0.15) is 43.0 Å². The minimum Gasteiger partial charge on any atom is -0.490 e. The van der Waals surface area contributed by atoms with Gasteiger partial charge < -0.3 is 19.3 Å². The monoisotopic (exact) mass is 396 g/mol. The number of aromatic nitrogens is 2. The minimum atomic E-state index is 0.0291. The number of likely N-dealkylation sites (tertiary alicyclic amines) is 1. The van der Waals surface area contributed by atoms with Gasteiger partial charge in [-0.25, -0.2) is 9.97 Å². The molecule has 4 rings (SSSR count). The molecule has 2 aromatic rings. The number of hydrogen-bond donors (Lipinski definition) is 0. The van der Waals surface area contributed by atoms with Crippen LogP contribution < -0.4 is 14.4 Å². The standard InChI is InChI=1S/C22H28N4O3/c1-2-28-19-9-3-4-10-20(19)29-18-8-7-13-26(16-18)22-23-14-17(15-24-22)21(27)25-11-5-6-12-25/h3-4,9-10,14-15,18H,2,5-8,11-13,16H2,1H3. The molecule has 29 heavy (non-hydrogen) atoms. The van der Waals surface area contributed by atoms with Crippen LogP contribution in [-0.2, 0) is 0 Å². The quantitative estimate of drug-likeness (QED) is 0.747. The van der Waals surface area contributed by atoms with Crippen molar-refractivity contribution < 1.29 is 14.3 Å². The zero-order chi connectivity index (χ0) is 20.1. The number of piperidine rings is 1. The average molecular weight is 396 g/mol. The fraction of sp³-hybridized carbons (Fsp3) is 0.500. The van der Waals surface area contributed by atoms with E-state index in [0.29, 0.717) is 24.7 Å². The Morgan fingerprint density at radius 3 is 2.52 bits per heavy atom. The molecule has 0 radical (unpaired) electrons. The molecule has 1 atom stereocenters. The van der Waals surface area contributed by atoms with Gasteiger partial charge in [-0.1, -0.05) is 12.1 Å². The van der Waals surface area contributed by atoms with E-state index in [-0.39, 0.29) is 12.0 Å². The molecule has 2 aliphatic heterocycles. The molecule has 7 nitrogen and oxygen atoms in total. The highest BCUT2D eigenvalue weighted by Crippen LogP contribution is 2.29. The lowest BCUT2D eigenvalue weighted by Gasteiger charge is -2.33. The topological polar surface area (TPSA) is 67.8 Å². The third-order valence-corrected chi connectivity index (χ3v) is 5.38. The van der Waals surface area contributed by atoms with E-state index in [0.717, 1.165) is 56.8 Å². The van der Waals surface area contributed by atoms with E-state index in [1.165, 1.54) is 0 Å². The van der Waals surface area contributed by atoms with Crippen LogP contribution in [-0.4, -0.2) is 59.7 Å². The molecule has 2 saturated heterocycles. The van der Waals surface area contributed by atoms with Crippen molar-refractivity contribution in [3.05, 3.63) is 42.2 Å². The first-order valence-corrected chi connectivity index (χ1v) is 10.5. The molecule has 0 spiro atoms. The molecule has 0 bridgehead atoms. The lowest BCUT2D eigenvalue weighted by Crippen LogP contribution is -2.42. The summed E-state index contributed by atoms with van der Waals surface area (Å²) in [5.74, 6) is 2.22. The summed E-state index contributed by atoms with van der Waals surface area (Å²) in [5.41, 5.74) is 0.561. The number of benzene rings is 1. The fourth-order valence-corrected chi connectivity index (χ4v) is 3.92. The van der Waals surface area contributed by atoms with Crippen molar-refractivity contribution in [2.75, 3.05) is 37.7 Å². The van der Waals surface area contributed by atoms with Crippen molar-refractivity contribution in [2.24, 2.45) is 0 Å². The van der Waals surface area contributed by atoms with Crippen LogP contribution in [0.2, 0.25) is 0 Å². The lowest BCUT2D eigenvalue weighted by molar-refractivity contribution is 0.0792. The smallest absolute Gasteiger partial charge is 0.256 e. The Labute approximate surface area is 171 Å². The van der Waals surface area contributed by atoms with Crippen LogP contribution in [0.3, 0.4) is 0 Å². The average Bonchev–Trinajstić information content (AvgIpc) is 3.30. The molecule has 0 aliphatic carbocycles. The second-order valence-electron chi connectivity index (χ2n) is 7.48. The van der Waals surface area contributed by atoms with Gasteiger partial charge in [-0.15, -0.1) is 0 Å². The number of ether oxygens (including phenoxy) is 2. The van der Waals surface area contributed by atoms with Crippen LogP contribution in [0.4, 0.5) is 5.95 Å². The zero-order valence-corrected chi connectivity index (χ0v) is 16.9. The molecule has 1 aromatic heterocycles. The summed E-state index contributed by atoms with van der Waals surface area (Å²) < 4.78 is 11.9. The van der Waals surface area contributed by atoms with Crippen molar-refractivity contribution in [2.45, 2.75) is 38.7 Å². The lowest BCUT2D eigenvalue weighted by atomic mass is 10.1. The normalized spacial score (nSPS) is 19.3. The molecular weight excluding hydrogens is 368 g/mol. The summed E-state index contributed by atoms with van der Waals surface area (Å²) in [6, 6.07) is 7.78. The molecule has 2 fully saturated rings. The van der Waals surface area contributed by atoms with Gasteiger partial charge in [0.05, 0.1) is 18.7 Å². The van der Waals surface area contributed by atoms with E-state index in [1.807, 2.05) is 36.1 Å². The number of amides is 1. The molecule has 7 heteroatoms. The van der Waals surface area contributed by atoms with Gasteiger partial charge in [0, 0.05) is 32.0 Å². The molecule has 1 amide bonds. The number of carbonyl (C=O) groups excluding carboxylic acids is 1. The predicted octanol–water partition coefficient (Wildman–Crippen LogP) is 3.16. The Hall–Kier alpha value is -2.83. The Bertz CT molecular complexity index is 821. The summed E-state index contributed by atoms with van der Waals surface area (Å²) in [6.45, 7) is 5.82. The third kappa shape index (κ3) is 4.60. The van der Waals surface area contributed by atoms with Gasteiger partial charge in [-0.05, 0) is 44.7 Å². The highest BCUT2D eigenvalue weighted by atomic mass is 16.5. The maximum atomic E-state index is 12.5. The number of carbonyl (C=O) groups is 1. The van der Waals surface area contributed by atoms with Crippen molar-refractivity contribution in [3.63, 3.8) is 0 Å². The minimum absolute atomic E-state index is 0.0291. The Morgan fingerprint density at radius 2 is 1.79 bits per heavy atom. The van der Waals surface area contributed by atoms with E-state index in [2.05, 4.69) is 14.9 Å². The summed E-state index contributed by atoms with van der Waals surface area (Å²) in [6.07, 6.45) is 7.47. The predicted molar refractivity (Wildman–Crippen MR) is 111 cm³/mol. The summed E-state index contributed by atoms with van der Waals surface area (Å²) in [4.78, 5) is 25.4. The maximum Gasteiger partial charge on any atom is 0.256 e. The second-order valence-corrected chi connectivity index (χ2v) is 7.48. The Balaban J connectivity index is 1.40. The molecule has 3 heterocycles. The summed E-state index contributed by atoms with van der Waals surface area (Å²) in [7, 11) is 0. The van der Waals surface area contributed by atoms with Gasteiger partial charge >= 0.3 is 0 Å². The van der Waals surface area contributed by atoms with Gasteiger partial charge in [0.15, 0.2) is 11.5 Å². The highest BCUT2D eigenvalue weighted by molar-refractivity contribution is 5.93. The zero-order valence-electron chi connectivity index (χ0n) is 16.9. The molecule has 154 valence electrons. The van der Waals surface area contributed by atoms with Crippen LogP contribution >= 0.6 is 0 Å². The van der Waals surface area contributed by atoms with Crippen molar-refractivity contribution >= 4 is 11.9 Å². The number of anilines is 1. The molecule has 0 N–H and O–H groups in total. The van der Waals surface area contributed by atoms with Crippen LogP contribution in [0.5, 0.6) is 11.5 Å². The van der Waals surface area contributed by atoms with Crippen molar-refractivity contribution in [1.82, 2.24) is 14.9 Å². The van der Waals surface area contributed by atoms with Gasteiger partial charge in [0.2, 0.25) is 5.95 Å². The van der Waals surface area contributed by atoms with E-state index < -0.39 is 0 Å². The SMILES string of the molecule is CCOc1ccccc1OC1CCCN(c2ncc(C(=O)N3CCCC3)cn2)C1. The van der Waals surface area contributed by atoms with E-state index in [4.69, 9.17) is 9.47 Å². The van der Waals surface area contributed by atoms with Crippen molar-refractivity contribution in [1.29, 1.82) is 0 Å². The number of rotatable bonds is 6. The fourth-order valence-electron chi connectivity index (χ4n) is 3.92. The van der Waals surface area contributed by atoms with Crippen LogP contribution in [0.15, 0.2) is 36.7 Å². The largest absolute Gasteiger partial charge is 0.490 e. The van der Waals surface area contributed by atoms with Gasteiger partial charge in [-0.3, -0.25) is 4.79 Å². The van der Waals surface area contributed by atoms with Gasteiger partial charge in [0.25, 0.3) is 5.91 Å². The van der Waals surface area contributed by atoms with Crippen LogP contribution in [0, 0.1) is 0 Å². The first kappa shape index (κ1) is 19.5. The highest BCUT2D eigenvalue weighted by Gasteiger charge is 2.25. The first-order chi connectivity index (χ1) is 14.2. The molecule has 1 aromatic carbocycles. The number of nitrogens with zero attached hydrogens (tertiary/aromatic N) is 4. The third-order valence-electron chi connectivity index (χ3n) is 5.38. The molecule has 0 saturated carbocycles. The van der Waals surface area contributed by atoms with Crippen molar-refractivity contribution in [3.8, 4) is 11.5 Å². The molecule has 2 aliphatic rings. The number of hydrogen-bond acceptors (Lipinski definition) is 6. The molecular formula is C22H28N4O3. The Kier molecular flexibility index (Phi) is 6.12. The van der Waals surface area contributed by atoms with E-state index in [9.17, 15) is 4.79 Å². The Morgan fingerprint density at radius 1 is 1.07 bits per heavy atom. The van der Waals surface area contributed by atoms with E-state index >= 15 is 0 Å². The van der Waals surface area contributed by atoms with Gasteiger partial charge in [0.1, 0.15) is 6.10 Å². The first-order valence-electron chi connectivity index (χ1n) is 10.5. The second kappa shape index (κ2) is 9.11. The van der Waals surface area contributed by atoms with Gasteiger partial charge in [-0.2, -0.15) is 0 Å².